The molecule has 0 spiro atoms. The number of rotatable bonds is 8. The van der Waals surface area contributed by atoms with Crippen LogP contribution in [0.2, 0.25) is 0 Å². The minimum absolute atomic E-state index is 0.0219. The predicted octanol–water partition coefficient (Wildman–Crippen LogP) is 1.52. The molecule has 4 aromatic rings. The number of aromatic amines is 1. The first-order valence-electron chi connectivity index (χ1n) is 11.6. The van der Waals surface area contributed by atoms with Crippen LogP contribution in [0.15, 0.2) is 59.5 Å². The van der Waals surface area contributed by atoms with Gasteiger partial charge in [-0.05, 0) is 42.0 Å². The molecule has 4 rings (SSSR count). The molecule has 0 bridgehead atoms. The molecular weight excluding hydrogens is 560 g/mol. The number of carboxylic acid groups (broad SMARTS) is 1. The largest absolute Gasteiger partial charge is 0.508 e. The highest BCUT2D eigenvalue weighted by atomic mass is 19.4. The van der Waals surface area contributed by atoms with Gasteiger partial charge in [0.25, 0.3) is 11.5 Å². The Hall–Kier alpha value is -5.54. The highest BCUT2D eigenvalue weighted by Crippen LogP contribution is 2.26. The number of phenols is 1. The van der Waals surface area contributed by atoms with E-state index in [0.29, 0.717) is 10.5 Å². The molecule has 0 radical (unpaired) electrons. The Bertz CT molecular complexity index is 1670. The van der Waals surface area contributed by atoms with Crippen LogP contribution in [-0.2, 0) is 22.6 Å². The van der Waals surface area contributed by atoms with Gasteiger partial charge in [-0.3, -0.25) is 24.3 Å². The number of nitrogens with zero attached hydrogens (tertiary/aromatic N) is 4. The molecule has 2 amide bonds. The van der Waals surface area contributed by atoms with Crippen molar-refractivity contribution < 1.29 is 37.8 Å². The van der Waals surface area contributed by atoms with E-state index in [9.17, 15) is 42.6 Å². The van der Waals surface area contributed by atoms with E-state index >= 15 is 0 Å². The van der Waals surface area contributed by atoms with E-state index in [1.165, 1.54) is 24.3 Å². The number of nitrogens with one attached hydrogen (secondary N) is 2. The van der Waals surface area contributed by atoms with Crippen molar-refractivity contribution in [3.8, 4) is 5.75 Å². The van der Waals surface area contributed by atoms with Crippen molar-refractivity contribution >= 4 is 40.6 Å². The number of anilines is 2. The van der Waals surface area contributed by atoms with Crippen LogP contribution in [-0.4, -0.2) is 60.2 Å². The van der Waals surface area contributed by atoms with Crippen LogP contribution in [0.5, 0.6) is 5.75 Å². The van der Waals surface area contributed by atoms with Crippen molar-refractivity contribution in [3.05, 3.63) is 81.9 Å². The number of carbonyl (C=O) groups excluding carboxylic acids is 2. The molecular formula is C25H20F3N7O6. The number of fused-ring (bicyclic) bond motifs is 1. The standard InChI is InChI=1S/C25H20F3N7O6/c26-25(27,28)23(41)35(11-14-10-30-19-18(31-14)21(38)34-24(29)33-19)15-5-3-13(4-6-15)20(37)32-17(22(39)40)9-12-1-7-16(36)8-2-12/h1-8,10,17,36H,9,11H2,(H,32,37)(H,39,40)(H3,29,30,33,34,38)/t17-/m0/s1/i1+1,2+1,7+1,8+1,9+1,12+1,16+1,17+1,22+1. The number of benzene rings is 2. The molecule has 0 aliphatic rings. The van der Waals surface area contributed by atoms with Crippen molar-refractivity contribution in [3.63, 3.8) is 0 Å². The third-order valence-corrected chi connectivity index (χ3v) is 5.71. The lowest BCUT2D eigenvalue weighted by atomic mass is 10.1. The van der Waals surface area contributed by atoms with E-state index in [1.807, 2.05) is 0 Å². The van der Waals surface area contributed by atoms with Gasteiger partial charge in [0.05, 0.1) is 18.4 Å². The molecule has 1 atom stereocenters. The number of carboxylic acids is 1. The number of alkyl halides is 3. The maximum absolute atomic E-state index is 13.4. The number of aromatic hydroxyl groups is 1. The number of aliphatic carboxylic acids is 1. The third kappa shape index (κ3) is 6.73. The van der Waals surface area contributed by atoms with Crippen LogP contribution in [0.3, 0.4) is 0 Å². The number of aromatic nitrogens is 4. The molecule has 212 valence electrons. The van der Waals surface area contributed by atoms with Gasteiger partial charge in [-0.25, -0.2) is 14.8 Å². The Morgan fingerprint density at radius 3 is 2.32 bits per heavy atom. The van der Waals surface area contributed by atoms with Gasteiger partial charge in [0.15, 0.2) is 11.2 Å². The number of halogens is 3. The summed E-state index contributed by atoms with van der Waals surface area (Å²) in [5.41, 5.74) is 4.19. The maximum atomic E-state index is 13.4. The summed E-state index contributed by atoms with van der Waals surface area (Å²) in [7, 11) is 0. The molecule has 13 nitrogen and oxygen atoms in total. The van der Waals surface area contributed by atoms with Crippen LogP contribution < -0.4 is 21.5 Å². The molecule has 0 aliphatic carbocycles. The van der Waals surface area contributed by atoms with Crippen molar-refractivity contribution in [2.75, 3.05) is 10.6 Å². The van der Waals surface area contributed by atoms with Crippen LogP contribution in [0, 0.1) is 0 Å². The van der Waals surface area contributed by atoms with Crippen LogP contribution in [0.4, 0.5) is 24.8 Å². The number of amides is 2. The van der Waals surface area contributed by atoms with E-state index in [1.54, 1.807) is 0 Å². The average Bonchev–Trinajstić information content (AvgIpc) is 2.92. The molecule has 2 aromatic carbocycles. The van der Waals surface area contributed by atoms with E-state index < -0.39 is 42.1 Å². The van der Waals surface area contributed by atoms with Crippen molar-refractivity contribution in [2.24, 2.45) is 0 Å². The summed E-state index contributed by atoms with van der Waals surface area (Å²) in [6, 6.07) is 8.70. The predicted molar refractivity (Wildman–Crippen MR) is 137 cm³/mol. The SMILES string of the molecule is Nc1nc2ncc(CN(C(=O)C(F)(F)F)c3ccc(C(=O)N[13C@@H]([13CH2][13c]4[13cH][13cH][13c](O)[13cH][13cH]4)[13C](=O)O)cc3)nc2c(=O)[nH]1. The molecule has 0 saturated carbocycles. The Balaban J connectivity index is 1.57. The smallest absolute Gasteiger partial charge is 0.471 e. The molecule has 0 aliphatic heterocycles. The van der Waals surface area contributed by atoms with E-state index in [-0.39, 0.29) is 46.2 Å². The van der Waals surface area contributed by atoms with Gasteiger partial charge in [0.1, 0.15) is 11.8 Å². The zero-order valence-electron chi connectivity index (χ0n) is 20.7. The monoisotopic (exact) mass is 580 g/mol. The highest BCUT2D eigenvalue weighted by molar-refractivity contribution is 5.99. The van der Waals surface area contributed by atoms with Crippen molar-refractivity contribution in [2.45, 2.75) is 25.2 Å². The lowest BCUT2D eigenvalue weighted by Gasteiger charge is -2.24. The number of phenolic OH excluding ortho intramolecular Hbond substituents is 1. The van der Waals surface area contributed by atoms with Crippen molar-refractivity contribution in [1.29, 1.82) is 0 Å². The summed E-state index contributed by atoms with van der Waals surface area (Å²) in [6.07, 6.45) is -4.35. The summed E-state index contributed by atoms with van der Waals surface area (Å²) in [5.74, 6) is -4.68. The van der Waals surface area contributed by atoms with Gasteiger partial charge < -0.3 is 21.3 Å². The van der Waals surface area contributed by atoms with Crippen LogP contribution in [0.1, 0.15) is 21.6 Å². The van der Waals surface area contributed by atoms with E-state index in [4.69, 9.17) is 5.73 Å². The normalized spacial score (nSPS) is 12.1. The molecule has 16 heteroatoms. The highest BCUT2D eigenvalue weighted by Gasteiger charge is 2.43. The zero-order chi connectivity index (χ0) is 29.9. The van der Waals surface area contributed by atoms with Gasteiger partial charge in [-0.15, -0.1) is 0 Å². The summed E-state index contributed by atoms with van der Waals surface area (Å²) in [4.78, 5) is 62.9. The van der Waals surface area contributed by atoms with Gasteiger partial charge in [0, 0.05) is 17.7 Å². The molecule has 6 N–H and O–H groups in total. The number of hydrogen-bond acceptors (Lipinski definition) is 9. The minimum atomic E-state index is -5.28. The molecule has 0 unspecified atom stereocenters. The Kier molecular flexibility index (Phi) is 7.84. The molecule has 2 aromatic heterocycles. The zero-order valence-corrected chi connectivity index (χ0v) is 20.7. The Morgan fingerprint density at radius 1 is 1.05 bits per heavy atom. The number of nitrogens with two attached hydrogens (primary N) is 1. The lowest BCUT2D eigenvalue weighted by molar-refractivity contribution is -0.170. The fourth-order valence-electron chi connectivity index (χ4n) is 3.74. The molecule has 2 heterocycles. The van der Waals surface area contributed by atoms with Crippen molar-refractivity contribution in [1.82, 2.24) is 25.3 Å². The second kappa shape index (κ2) is 11.3. The summed E-state index contributed by atoms with van der Waals surface area (Å²) in [5, 5.41) is 21.2. The lowest BCUT2D eigenvalue weighted by Crippen LogP contribution is -2.42. The fourth-order valence-corrected chi connectivity index (χ4v) is 3.74. The summed E-state index contributed by atoms with van der Waals surface area (Å²) >= 11 is 0. The topological polar surface area (TPSA) is 204 Å². The first kappa shape index (κ1) is 28.5. The molecule has 41 heavy (non-hydrogen) atoms. The quantitative estimate of drug-likeness (QED) is 0.190. The van der Waals surface area contributed by atoms with Gasteiger partial charge >= 0.3 is 18.1 Å². The van der Waals surface area contributed by atoms with E-state index in [2.05, 4.69) is 25.3 Å². The molecule has 0 fully saturated rings. The average molecular weight is 580 g/mol. The Labute approximate surface area is 227 Å². The second-order valence-electron chi connectivity index (χ2n) is 8.66. The minimum Gasteiger partial charge on any atom is -0.508 e. The number of nitrogen functional groups attached to an aromatic ring is 1. The number of carbonyl (C=O) groups is 3. The van der Waals surface area contributed by atoms with E-state index in [0.717, 1.165) is 30.5 Å². The second-order valence-corrected chi connectivity index (χ2v) is 8.66. The third-order valence-electron chi connectivity index (χ3n) is 5.71. The van der Waals surface area contributed by atoms with Crippen LogP contribution in [0.25, 0.3) is 11.2 Å². The molecule has 0 saturated heterocycles. The summed E-state index contributed by atoms with van der Waals surface area (Å²) in [6.45, 7) is -0.746. The maximum Gasteiger partial charge on any atom is 0.471 e. The van der Waals surface area contributed by atoms with Gasteiger partial charge in [-0.1, -0.05) is 12.1 Å². The summed E-state index contributed by atoms with van der Waals surface area (Å²) < 4.78 is 40.3. The first-order chi connectivity index (χ1) is 19.3. The van der Waals surface area contributed by atoms with Gasteiger partial charge in [-0.2, -0.15) is 18.2 Å². The first-order valence-corrected chi connectivity index (χ1v) is 11.6. The van der Waals surface area contributed by atoms with Gasteiger partial charge in [0.2, 0.25) is 5.95 Å². The number of H-pyrrole nitrogens is 1. The van der Waals surface area contributed by atoms with Crippen LogP contribution >= 0.6 is 0 Å². The number of hydrogen-bond donors (Lipinski definition) is 5. The fraction of sp³-hybridized carbons (Fsp3) is 0.160. The Morgan fingerprint density at radius 2 is 1.71 bits per heavy atom.